The van der Waals surface area contributed by atoms with Crippen LogP contribution in [-0.4, -0.2) is 37.2 Å². The molecule has 0 aromatic rings. The maximum Gasteiger partial charge on any atom is 0.326 e. The van der Waals surface area contributed by atoms with Crippen molar-refractivity contribution >= 4 is 11.9 Å². The van der Waals surface area contributed by atoms with Crippen molar-refractivity contribution in [1.29, 1.82) is 0 Å². The summed E-state index contributed by atoms with van der Waals surface area (Å²) in [6, 6.07) is 0. The lowest BCUT2D eigenvalue weighted by atomic mass is 10.1. The Kier molecular flexibility index (Phi) is 11.5. The van der Waals surface area contributed by atoms with Gasteiger partial charge in [-0.1, -0.05) is 45.3 Å². The molecule has 5 nitrogen and oxygen atoms in total. The highest BCUT2D eigenvalue weighted by Crippen LogP contribution is 2.06. The van der Waals surface area contributed by atoms with Gasteiger partial charge in [-0.15, -0.1) is 0 Å². The number of hydrogen-bond acceptors (Lipinski definition) is 5. The predicted molar refractivity (Wildman–Crippen MR) is 87.6 cm³/mol. The average Bonchev–Trinajstić information content (AvgIpc) is 2.49. The lowest BCUT2D eigenvalue weighted by Crippen LogP contribution is -2.49. The van der Waals surface area contributed by atoms with E-state index in [1.165, 1.54) is 25.3 Å². The minimum atomic E-state index is -0.810. The maximum absolute atomic E-state index is 11.7. The van der Waals surface area contributed by atoms with Gasteiger partial charge in [0.05, 0.1) is 0 Å². The molecule has 0 heterocycles. The van der Waals surface area contributed by atoms with Gasteiger partial charge in [-0.3, -0.25) is 14.9 Å². The van der Waals surface area contributed by atoms with Gasteiger partial charge >= 0.3 is 11.9 Å². The number of hydrogen-bond donors (Lipinski definition) is 1. The fourth-order valence-electron chi connectivity index (χ4n) is 1.86. The fraction of sp³-hybridized carbons (Fsp3) is 0.765. The Labute approximate surface area is 134 Å². The van der Waals surface area contributed by atoms with Crippen LogP contribution in [0.15, 0.2) is 12.7 Å². The van der Waals surface area contributed by atoms with Crippen LogP contribution in [0.5, 0.6) is 0 Å². The molecule has 22 heavy (non-hydrogen) atoms. The Balaban J connectivity index is 3.71. The number of unbranched alkanes of at least 4 members (excludes halogenated alkanes) is 4. The zero-order valence-electron chi connectivity index (χ0n) is 14.3. The van der Waals surface area contributed by atoms with Crippen LogP contribution in [0.25, 0.3) is 0 Å². The number of rotatable bonds is 13. The Bertz CT molecular complexity index is 340. The highest BCUT2D eigenvalue weighted by Gasteiger charge is 2.28. The summed E-state index contributed by atoms with van der Waals surface area (Å²) in [6.45, 7) is 9.98. The van der Waals surface area contributed by atoms with Crippen molar-refractivity contribution in [2.45, 2.75) is 64.8 Å². The second kappa shape index (κ2) is 12.2. The molecule has 0 atom stereocenters. The summed E-state index contributed by atoms with van der Waals surface area (Å²) in [5.74, 6) is -0.528. The molecule has 5 heteroatoms. The predicted octanol–water partition coefficient (Wildman–Crippen LogP) is 2.99. The van der Waals surface area contributed by atoms with Crippen molar-refractivity contribution in [3.05, 3.63) is 12.7 Å². The lowest BCUT2D eigenvalue weighted by molar-refractivity contribution is -0.149. The molecule has 0 saturated carbocycles. The van der Waals surface area contributed by atoms with Gasteiger partial charge in [0.2, 0.25) is 0 Å². The van der Waals surface area contributed by atoms with Crippen LogP contribution in [0.2, 0.25) is 0 Å². The van der Waals surface area contributed by atoms with E-state index in [9.17, 15) is 9.59 Å². The van der Waals surface area contributed by atoms with Crippen LogP contribution in [0.3, 0.4) is 0 Å². The van der Waals surface area contributed by atoms with Gasteiger partial charge < -0.3 is 9.47 Å². The topological polar surface area (TPSA) is 64.6 Å². The van der Waals surface area contributed by atoms with Gasteiger partial charge in [0, 0.05) is 13.0 Å². The van der Waals surface area contributed by atoms with Gasteiger partial charge in [0.1, 0.15) is 18.8 Å². The molecule has 0 aliphatic rings. The van der Waals surface area contributed by atoms with Crippen molar-refractivity contribution in [3.63, 3.8) is 0 Å². The number of esters is 2. The first-order valence-corrected chi connectivity index (χ1v) is 8.12. The summed E-state index contributed by atoms with van der Waals surface area (Å²) in [5, 5.41) is 3.02. The minimum Gasteiger partial charge on any atom is -0.464 e. The molecule has 0 radical (unpaired) electrons. The quantitative estimate of drug-likeness (QED) is 0.322. The first-order valence-electron chi connectivity index (χ1n) is 8.12. The third-order valence-electron chi connectivity index (χ3n) is 3.26. The molecule has 0 spiro atoms. The Morgan fingerprint density at radius 2 is 1.82 bits per heavy atom. The molecule has 0 aromatic carbocycles. The maximum atomic E-state index is 11.7. The van der Waals surface area contributed by atoms with Gasteiger partial charge in [0.15, 0.2) is 0 Å². The van der Waals surface area contributed by atoms with Crippen LogP contribution in [-0.2, 0) is 19.1 Å². The highest BCUT2D eigenvalue weighted by molar-refractivity contribution is 5.79. The third kappa shape index (κ3) is 10.4. The van der Waals surface area contributed by atoms with Gasteiger partial charge in [-0.05, 0) is 20.3 Å². The van der Waals surface area contributed by atoms with Crippen molar-refractivity contribution in [1.82, 2.24) is 5.32 Å². The molecular formula is C17H31NO4. The molecule has 1 N–H and O–H groups in total. The van der Waals surface area contributed by atoms with E-state index in [-0.39, 0.29) is 25.2 Å². The fourth-order valence-corrected chi connectivity index (χ4v) is 1.86. The molecule has 0 saturated heterocycles. The molecule has 0 unspecified atom stereocenters. The first kappa shape index (κ1) is 20.6. The van der Waals surface area contributed by atoms with E-state index in [1.807, 2.05) is 0 Å². The van der Waals surface area contributed by atoms with E-state index < -0.39 is 5.54 Å². The Morgan fingerprint density at radius 1 is 1.14 bits per heavy atom. The molecule has 0 aromatic heterocycles. The molecule has 0 fully saturated rings. The van der Waals surface area contributed by atoms with Crippen molar-refractivity contribution < 1.29 is 19.1 Å². The smallest absolute Gasteiger partial charge is 0.326 e. The minimum absolute atomic E-state index is 0.176. The second-order valence-corrected chi connectivity index (χ2v) is 5.82. The van der Waals surface area contributed by atoms with E-state index in [4.69, 9.17) is 9.47 Å². The second-order valence-electron chi connectivity index (χ2n) is 5.82. The number of carbonyl (C=O) groups excluding carboxylic acids is 2. The van der Waals surface area contributed by atoms with Gasteiger partial charge in [-0.2, -0.15) is 0 Å². The molecule has 0 rings (SSSR count). The molecule has 0 aliphatic heterocycles. The van der Waals surface area contributed by atoms with Crippen LogP contribution in [0, 0.1) is 0 Å². The van der Waals surface area contributed by atoms with Crippen molar-refractivity contribution in [3.8, 4) is 0 Å². The van der Waals surface area contributed by atoms with Crippen molar-refractivity contribution in [2.75, 3.05) is 19.8 Å². The number of carbonyl (C=O) groups is 2. The highest BCUT2D eigenvalue weighted by atomic mass is 16.5. The summed E-state index contributed by atoms with van der Waals surface area (Å²) in [5.41, 5.74) is -0.810. The SMILES string of the molecule is C=CCOC(=O)C(C)(C)NCCOC(=O)CCCCCCC. The number of nitrogens with one attached hydrogen (secondary N) is 1. The summed E-state index contributed by atoms with van der Waals surface area (Å²) in [7, 11) is 0. The molecule has 0 amide bonds. The summed E-state index contributed by atoms with van der Waals surface area (Å²) < 4.78 is 10.1. The molecule has 0 bridgehead atoms. The van der Waals surface area contributed by atoms with Crippen molar-refractivity contribution in [2.24, 2.45) is 0 Å². The summed E-state index contributed by atoms with van der Waals surface area (Å²) in [6.07, 6.45) is 7.53. The van der Waals surface area contributed by atoms with Crippen LogP contribution >= 0.6 is 0 Å². The zero-order valence-corrected chi connectivity index (χ0v) is 14.3. The lowest BCUT2D eigenvalue weighted by Gasteiger charge is -2.23. The van der Waals surface area contributed by atoms with Crippen LogP contribution in [0.4, 0.5) is 0 Å². The third-order valence-corrected chi connectivity index (χ3v) is 3.26. The monoisotopic (exact) mass is 313 g/mol. The molecular weight excluding hydrogens is 282 g/mol. The standard InChI is InChI=1S/C17H31NO4/c1-5-7-8-9-10-11-15(19)21-14-12-18-17(3,4)16(20)22-13-6-2/h6,18H,2,5,7-14H2,1,3-4H3. The first-order chi connectivity index (χ1) is 10.4. The van der Waals surface area contributed by atoms with Crippen LogP contribution in [0.1, 0.15) is 59.3 Å². The van der Waals surface area contributed by atoms with E-state index in [1.54, 1.807) is 13.8 Å². The van der Waals surface area contributed by atoms with E-state index >= 15 is 0 Å². The summed E-state index contributed by atoms with van der Waals surface area (Å²) in [4.78, 5) is 23.3. The van der Waals surface area contributed by atoms with E-state index in [2.05, 4.69) is 18.8 Å². The summed E-state index contributed by atoms with van der Waals surface area (Å²) >= 11 is 0. The van der Waals surface area contributed by atoms with Gasteiger partial charge in [0.25, 0.3) is 0 Å². The molecule has 128 valence electrons. The Morgan fingerprint density at radius 3 is 2.45 bits per heavy atom. The van der Waals surface area contributed by atoms with E-state index in [0.29, 0.717) is 13.0 Å². The normalized spacial score (nSPS) is 11.0. The molecule has 0 aliphatic carbocycles. The number of ether oxygens (including phenoxy) is 2. The zero-order chi connectivity index (χ0) is 16.8. The van der Waals surface area contributed by atoms with Gasteiger partial charge in [-0.25, -0.2) is 0 Å². The van der Waals surface area contributed by atoms with E-state index in [0.717, 1.165) is 12.8 Å². The largest absolute Gasteiger partial charge is 0.464 e. The van der Waals surface area contributed by atoms with Crippen LogP contribution < -0.4 is 5.32 Å². The Hall–Kier alpha value is -1.36. The average molecular weight is 313 g/mol.